The molecule has 4 rings (SSSR count). The van der Waals surface area contributed by atoms with E-state index in [2.05, 4.69) is 14.8 Å². The summed E-state index contributed by atoms with van der Waals surface area (Å²) in [6.07, 6.45) is 2.35. The van der Waals surface area contributed by atoms with Gasteiger partial charge >= 0.3 is 0 Å². The summed E-state index contributed by atoms with van der Waals surface area (Å²) in [6.45, 7) is 0. The van der Waals surface area contributed by atoms with Crippen LogP contribution >= 0.6 is 0 Å². The predicted molar refractivity (Wildman–Crippen MR) is 89.3 cm³/mol. The number of aromatic nitrogens is 3. The lowest BCUT2D eigenvalue weighted by Crippen LogP contribution is -2.30. The van der Waals surface area contributed by atoms with Gasteiger partial charge in [0.25, 0.3) is 22.8 Å². The smallest absolute Gasteiger partial charge is 0.289 e. The lowest BCUT2D eigenvalue weighted by Gasteiger charge is -2.14. The third-order valence-electron chi connectivity index (χ3n) is 4.43. The van der Waals surface area contributed by atoms with Crippen LogP contribution in [0.15, 0.2) is 40.8 Å². The fourth-order valence-corrected chi connectivity index (χ4v) is 3.24. The summed E-state index contributed by atoms with van der Waals surface area (Å²) in [7, 11) is 1.48. The first-order valence-electron chi connectivity index (χ1n) is 7.59. The number of hydrogen-bond acceptors (Lipinski definition) is 7. The van der Waals surface area contributed by atoms with E-state index >= 15 is 0 Å². The van der Waals surface area contributed by atoms with Gasteiger partial charge in [0.05, 0.1) is 18.1 Å². The van der Waals surface area contributed by atoms with E-state index in [0.29, 0.717) is 22.2 Å². The van der Waals surface area contributed by atoms with Crippen molar-refractivity contribution in [2.75, 3.05) is 7.11 Å². The lowest BCUT2D eigenvalue weighted by molar-refractivity contribution is -0.720. The molecular formula is C15H11N5O7. The van der Waals surface area contributed by atoms with Gasteiger partial charge in [0.2, 0.25) is 0 Å². The highest BCUT2D eigenvalue weighted by Crippen LogP contribution is 2.39. The molecule has 138 valence electrons. The number of fused-ring (bicyclic) bond motifs is 2. The molecule has 0 amide bonds. The van der Waals surface area contributed by atoms with Crippen molar-refractivity contribution in [3.05, 3.63) is 78.6 Å². The van der Waals surface area contributed by atoms with Crippen LogP contribution in [0.2, 0.25) is 0 Å². The maximum Gasteiger partial charge on any atom is 0.289 e. The van der Waals surface area contributed by atoms with Crippen molar-refractivity contribution >= 4 is 16.6 Å². The van der Waals surface area contributed by atoms with Gasteiger partial charge in [-0.1, -0.05) is 9.79 Å². The number of rotatable bonds is 3. The number of ether oxygens (including phenoxy) is 1. The van der Waals surface area contributed by atoms with Crippen LogP contribution in [-0.4, -0.2) is 32.8 Å². The molecule has 0 fully saturated rings. The van der Waals surface area contributed by atoms with Crippen LogP contribution in [0.25, 0.3) is 10.9 Å². The fraction of sp³-hybridized carbons (Fsp3) is 0.133. The highest BCUT2D eigenvalue weighted by Gasteiger charge is 2.48. The van der Waals surface area contributed by atoms with E-state index in [9.17, 15) is 25.4 Å². The molecule has 27 heavy (non-hydrogen) atoms. The molecule has 12 nitrogen and oxygen atoms in total. The van der Waals surface area contributed by atoms with Crippen LogP contribution in [-0.2, 0) is 0 Å². The molecule has 0 radical (unpaired) electrons. The van der Waals surface area contributed by atoms with E-state index in [1.165, 1.54) is 13.3 Å². The van der Waals surface area contributed by atoms with Gasteiger partial charge in [-0.15, -0.1) is 0 Å². The second-order valence-corrected chi connectivity index (χ2v) is 5.77. The van der Waals surface area contributed by atoms with Crippen molar-refractivity contribution in [2.45, 2.75) is 5.92 Å². The molecule has 1 unspecified atom stereocenters. The second-order valence-electron chi connectivity index (χ2n) is 5.77. The molecule has 1 aliphatic rings. The van der Waals surface area contributed by atoms with Crippen LogP contribution in [0.1, 0.15) is 22.9 Å². The Morgan fingerprint density at radius 2 is 2.07 bits per heavy atom. The number of allylic oxidation sites excluding steroid dienone is 2. The number of nitrogens with zero attached hydrogens (tertiary/aromatic N) is 3. The molecule has 2 heterocycles. The minimum absolute atomic E-state index is 0.0129. The number of H-pyrrole nitrogens is 2. The van der Waals surface area contributed by atoms with Crippen molar-refractivity contribution in [1.29, 1.82) is 0 Å². The number of methoxy groups -OCH3 is 1. The molecule has 0 saturated carbocycles. The van der Waals surface area contributed by atoms with Gasteiger partial charge < -0.3 is 20.1 Å². The Hall–Kier alpha value is -4.09. The monoisotopic (exact) mass is 373 g/mol. The van der Waals surface area contributed by atoms with Gasteiger partial charge in [0, 0.05) is 17.1 Å². The number of benzene rings is 1. The van der Waals surface area contributed by atoms with Crippen molar-refractivity contribution in [2.24, 2.45) is 0 Å². The molecule has 0 saturated heterocycles. The van der Waals surface area contributed by atoms with Gasteiger partial charge in [-0.25, -0.2) is 0 Å². The number of aromatic amines is 2. The molecule has 0 bridgehead atoms. The largest absolute Gasteiger partial charge is 0.612 e. The Kier molecular flexibility index (Phi) is 3.47. The average Bonchev–Trinajstić information content (AvgIpc) is 3.23. The molecule has 0 aliphatic heterocycles. The predicted octanol–water partition coefficient (Wildman–Crippen LogP) is 1.12. The number of nitrogens with one attached hydrogen (secondary N) is 2. The average molecular weight is 373 g/mol. The summed E-state index contributed by atoms with van der Waals surface area (Å²) < 4.78 is 9.83. The van der Waals surface area contributed by atoms with Gasteiger partial charge in [0.1, 0.15) is 5.75 Å². The van der Waals surface area contributed by atoms with Crippen molar-refractivity contribution < 1.29 is 23.8 Å². The topological polar surface area (TPSA) is 169 Å². The molecular weight excluding hydrogens is 362 g/mol. The molecule has 0 spiro atoms. The number of nitro groups is 1. The van der Waals surface area contributed by atoms with Gasteiger partial charge in [-0.2, -0.15) is 4.90 Å². The zero-order valence-corrected chi connectivity index (χ0v) is 13.7. The Bertz CT molecular complexity index is 1190. The third-order valence-corrected chi connectivity index (χ3v) is 4.43. The summed E-state index contributed by atoms with van der Waals surface area (Å²) in [4.78, 5) is 25.2. The maximum atomic E-state index is 12.2. The summed E-state index contributed by atoms with van der Waals surface area (Å²) in [5.74, 6) is -0.677. The zero-order chi connectivity index (χ0) is 19.3. The summed E-state index contributed by atoms with van der Waals surface area (Å²) in [6, 6.07) is 5.08. The highest BCUT2D eigenvalue weighted by atomic mass is 16.8. The first kappa shape index (κ1) is 16.4. The highest BCUT2D eigenvalue weighted by molar-refractivity contribution is 6.06. The first-order chi connectivity index (χ1) is 12.9. The normalized spacial score (nSPS) is 16.1. The van der Waals surface area contributed by atoms with Crippen molar-refractivity contribution in [1.82, 2.24) is 10.1 Å². The van der Waals surface area contributed by atoms with E-state index in [1.54, 1.807) is 18.2 Å². The van der Waals surface area contributed by atoms with E-state index in [1.807, 2.05) is 0 Å². The van der Waals surface area contributed by atoms with Crippen LogP contribution in [0.4, 0.5) is 0 Å². The zero-order valence-electron chi connectivity index (χ0n) is 13.7. The summed E-state index contributed by atoms with van der Waals surface area (Å²) in [5.41, 5.74) is -0.581. The quantitative estimate of drug-likeness (QED) is 0.393. The third kappa shape index (κ3) is 2.34. The van der Waals surface area contributed by atoms with Gasteiger partial charge in [-0.05, 0) is 28.7 Å². The second kappa shape index (κ2) is 5.72. The molecule has 12 heteroatoms. The van der Waals surface area contributed by atoms with E-state index in [4.69, 9.17) is 4.74 Å². The Morgan fingerprint density at radius 1 is 1.30 bits per heavy atom. The number of hydrogen-bond donors (Lipinski definition) is 2. The Balaban J connectivity index is 2.05. The Morgan fingerprint density at radius 3 is 2.74 bits per heavy atom. The Labute approximate surface area is 148 Å². The summed E-state index contributed by atoms with van der Waals surface area (Å²) >= 11 is 0. The van der Waals surface area contributed by atoms with Crippen LogP contribution in [0, 0.1) is 25.4 Å². The van der Waals surface area contributed by atoms with Crippen LogP contribution < -0.4 is 9.34 Å². The molecule has 2 N–H and O–H groups in total. The maximum absolute atomic E-state index is 12.2. The van der Waals surface area contributed by atoms with Crippen LogP contribution in [0.5, 0.6) is 5.75 Å². The molecule has 1 atom stereocenters. The summed E-state index contributed by atoms with van der Waals surface area (Å²) in [5, 5.41) is 37.0. The van der Waals surface area contributed by atoms with Gasteiger partial charge in [-0.3, -0.25) is 10.1 Å². The fourth-order valence-electron chi connectivity index (χ4n) is 3.24. The van der Waals surface area contributed by atoms with Crippen molar-refractivity contribution in [3.8, 4) is 5.75 Å². The first-order valence-corrected chi connectivity index (χ1v) is 7.59. The minimum Gasteiger partial charge on any atom is -0.612 e. The van der Waals surface area contributed by atoms with Crippen LogP contribution in [0.3, 0.4) is 0 Å². The van der Waals surface area contributed by atoms with E-state index < -0.39 is 27.2 Å². The van der Waals surface area contributed by atoms with E-state index in [0.717, 1.165) is 6.08 Å². The molecule has 2 aromatic heterocycles. The molecule has 3 aromatic rings. The standard InChI is InChI=1S/C15H11N5O7/c1-26-7-2-3-10-8(4-7)9(6-16-10)13-11(18(21)22)5-12(19(23)24)14-15(13)20(25)27-17-14/h2-6,13,16-17H,1H3. The van der Waals surface area contributed by atoms with E-state index in [-0.39, 0.29) is 16.0 Å². The SMILES string of the molecule is COc1ccc2[nH]cc(C3C([N+](=O)[O-])=CC(=[N+]([O-])[O-])c4[nH]o[n+](=O)c43)c2c1. The molecule has 1 aromatic carbocycles. The lowest BCUT2D eigenvalue weighted by atomic mass is 9.86. The minimum atomic E-state index is -1.19. The van der Waals surface area contributed by atoms with Gasteiger partial charge in [0.15, 0.2) is 10.5 Å². The molecule has 1 aliphatic carbocycles. The van der Waals surface area contributed by atoms with Crippen molar-refractivity contribution in [3.63, 3.8) is 0 Å².